The standard InChI is InChI=1S/C16H27N5O.HI/c1-3-13-10-15(22-19-13)11-18-16(17-2)21-9-6-14(12-21)20-7-4-5-8-20;/h10,14H,3-9,11-12H2,1-2H3,(H,17,18);1H. The average molecular weight is 433 g/mol. The Hall–Kier alpha value is -0.830. The molecule has 1 unspecified atom stereocenters. The van der Waals surface area contributed by atoms with Crippen LogP contribution in [0.4, 0.5) is 0 Å². The van der Waals surface area contributed by atoms with Gasteiger partial charge in [-0.05, 0) is 38.8 Å². The van der Waals surface area contributed by atoms with Crippen molar-refractivity contribution in [2.45, 2.75) is 45.2 Å². The Labute approximate surface area is 155 Å². The summed E-state index contributed by atoms with van der Waals surface area (Å²) in [4.78, 5) is 9.42. The van der Waals surface area contributed by atoms with Crippen molar-refractivity contribution >= 4 is 29.9 Å². The van der Waals surface area contributed by atoms with Crippen LogP contribution in [-0.4, -0.2) is 60.2 Å². The summed E-state index contributed by atoms with van der Waals surface area (Å²) in [6, 6.07) is 2.70. The van der Waals surface area contributed by atoms with Crippen LogP contribution in [0.3, 0.4) is 0 Å². The zero-order valence-corrected chi connectivity index (χ0v) is 16.5. The zero-order chi connectivity index (χ0) is 15.4. The molecule has 2 aliphatic rings. The third-order valence-corrected chi connectivity index (χ3v) is 4.72. The van der Waals surface area contributed by atoms with Gasteiger partial charge < -0.3 is 14.7 Å². The minimum absolute atomic E-state index is 0. The third-order valence-electron chi connectivity index (χ3n) is 4.72. The number of nitrogens with one attached hydrogen (secondary N) is 1. The maximum absolute atomic E-state index is 5.32. The second-order valence-electron chi connectivity index (χ2n) is 6.17. The van der Waals surface area contributed by atoms with Crippen molar-refractivity contribution in [1.29, 1.82) is 0 Å². The van der Waals surface area contributed by atoms with Crippen molar-refractivity contribution < 1.29 is 4.52 Å². The fraction of sp³-hybridized carbons (Fsp3) is 0.750. The van der Waals surface area contributed by atoms with E-state index in [-0.39, 0.29) is 24.0 Å². The van der Waals surface area contributed by atoms with Gasteiger partial charge in [0.05, 0.1) is 12.2 Å². The van der Waals surface area contributed by atoms with Crippen LogP contribution in [-0.2, 0) is 13.0 Å². The van der Waals surface area contributed by atoms with Crippen molar-refractivity contribution in [3.63, 3.8) is 0 Å². The molecule has 1 aromatic heterocycles. The van der Waals surface area contributed by atoms with Gasteiger partial charge in [0.25, 0.3) is 0 Å². The average Bonchev–Trinajstić information content (AvgIpc) is 3.28. The van der Waals surface area contributed by atoms with Crippen molar-refractivity contribution in [1.82, 2.24) is 20.3 Å². The van der Waals surface area contributed by atoms with Crippen molar-refractivity contribution in [2.75, 3.05) is 33.2 Å². The summed E-state index contributed by atoms with van der Waals surface area (Å²) in [7, 11) is 1.85. The highest BCUT2D eigenvalue weighted by Crippen LogP contribution is 2.20. The molecule has 1 atom stereocenters. The molecule has 7 heteroatoms. The first-order chi connectivity index (χ1) is 10.8. The summed E-state index contributed by atoms with van der Waals surface area (Å²) in [5.41, 5.74) is 1.00. The third kappa shape index (κ3) is 4.59. The molecule has 2 saturated heterocycles. The first-order valence-corrected chi connectivity index (χ1v) is 8.44. The number of aryl methyl sites for hydroxylation is 1. The molecule has 6 nitrogen and oxygen atoms in total. The SMILES string of the molecule is CCc1cc(CNC(=NC)N2CCC(N3CCCC3)C2)on1.I. The Morgan fingerprint density at radius 3 is 2.83 bits per heavy atom. The van der Waals surface area contributed by atoms with Crippen molar-refractivity contribution in [3.8, 4) is 0 Å². The lowest BCUT2D eigenvalue weighted by Crippen LogP contribution is -2.42. The van der Waals surface area contributed by atoms with Gasteiger partial charge in [-0.1, -0.05) is 12.1 Å². The number of nitrogens with zero attached hydrogens (tertiary/aromatic N) is 4. The molecule has 0 spiro atoms. The number of likely N-dealkylation sites (tertiary alicyclic amines) is 2. The number of aromatic nitrogens is 1. The van der Waals surface area contributed by atoms with Crippen LogP contribution in [0, 0.1) is 0 Å². The maximum atomic E-state index is 5.32. The fourth-order valence-electron chi connectivity index (χ4n) is 3.44. The fourth-order valence-corrected chi connectivity index (χ4v) is 3.44. The van der Waals surface area contributed by atoms with Gasteiger partial charge >= 0.3 is 0 Å². The Kier molecular flexibility index (Phi) is 7.13. The van der Waals surface area contributed by atoms with E-state index in [0.717, 1.165) is 36.9 Å². The van der Waals surface area contributed by atoms with E-state index in [1.807, 2.05) is 13.1 Å². The molecule has 1 N–H and O–H groups in total. The predicted molar refractivity (Wildman–Crippen MR) is 102 cm³/mol. The van der Waals surface area contributed by atoms with Crippen molar-refractivity contribution in [2.24, 2.45) is 4.99 Å². The molecule has 0 bridgehead atoms. The largest absolute Gasteiger partial charge is 0.359 e. The van der Waals surface area contributed by atoms with Gasteiger partial charge in [0.1, 0.15) is 0 Å². The molecule has 0 aliphatic carbocycles. The van der Waals surface area contributed by atoms with Gasteiger partial charge in [0, 0.05) is 32.2 Å². The van der Waals surface area contributed by atoms with Gasteiger partial charge in [0.15, 0.2) is 11.7 Å². The Morgan fingerprint density at radius 1 is 1.39 bits per heavy atom. The highest BCUT2D eigenvalue weighted by molar-refractivity contribution is 14.0. The molecular weight excluding hydrogens is 405 g/mol. The van der Waals surface area contributed by atoms with Crippen LogP contribution in [0.25, 0.3) is 0 Å². The maximum Gasteiger partial charge on any atom is 0.194 e. The van der Waals surface area contributed by atoms with E-state index in [1.165, 1.54) is 32.4 Å². The number of guanidine groups is 1. The lowest BCUT2D eigenvalue weighted by molar-refractivity contribution is 0.249. The monoisotopic (exact) mass is 433 g/mol. The summed E-state index contributed by atoms with van der Waals surface area (Å²) in [6.07, 6.45) is 4.86. The van der Waals surface area contributed by atoms with Crippen LogP contribution in [0.15, 0.2) is 15.6 Å². The summed E-state index contributed by atoms with van der Waals surface area (Å²) < 4.78 is 5.32. The molecule has 0 aromatic carbocycles. The molecule has 3 heterocycles. The van der Waals surface area contributed by atoms with Gasteiger partial charge in [-0.2, -0.15) is 0 Å². The summed E-state index contributed by atoms with van der Waals surface area (Å²) in [5.74, 6) is 1.84. The first kappa shape index (κ1) is 18.5. The predicted octanol–water partition coefficient (Wildman–Crippen LogP) is 2.10. The summed E-state index contributed by atoms with van der Waals surface area (Å²) in [6.45, 7) is 7.42. The summed E-state index contributed by atoms with van der Waals surface area (Å²) in [5, 5.41) is 7.43. The number of hydrogen-bond acceptors (Lipinski definition) is 4. The van der Waals surface area contributed by atoms with Crippen LogP contribution in [0.2, 0.25) is 0 Å². The van der Waals surface area contributed by atoms with Gasteiger partial charge in [-0.15, -0.1) is 24.0 Å². The molecule has 130 valence electrons. The van der Waals surface area contributed by atoms with E-state index < -0.39 is 0 Å². The molecule has 23 heavy (non-hydrogen) atoms. The molecule has 3 rings (SSSR count). The molecule has 0 amide bonds. The highest BCUT2D eigenvalue weighted by Gasteiger charge is 2.30. The zero-order valence-electron chi connectivity index (χ0n) is 14.1. The smallest absolute Gasteiger partial charge is 0.194 e. The quantitative estimate of drug-likeness (QED) is 0.448. The lowest BCUT2D eigenvalue weighted by atomic mass is 10.2. The van der Waals surface area contributed by atoms with E-state index in [9.17, 15) is 0 Å². The second kappa shape index (κ2) is 8.86. The number of rotatable bonds is 4. The molecule has 2 fully saturated rings. The Morgan fingerprint density at radius 2 is 2.17 bits per heavy atom. The number of hydrogen-bond donors (Lipinski definition) is 1. The Bertz CT molecular complexity index is 512. The van der Waals surface area contributed by atoms with E-state index in [4.69, 9.17) is 4.52 Å². The molecular formula is C16H28IN5O. The lowest BCUT2D eigenvalue weighted by Gasteiger charge is -2.25. The number of halogens is 1. The Balaban J connectivity index is 0.00000192. The first-order valence-electron chi connectivity index (χ1n) is 8.44. The van der Waals surface area contributed by atoms with E-state index >= 15 is 0 Å². The number of aliphatic imine (C=N–C) groups is 1. The molecule has 2 aliphatic heterocycles. The minimum atomic E-state index is 0. The van der Waals surface area contributed by atoms with E-state index in [2.05, 4.69) is 32.2 Å². The topological polar surface area (TPSA) is 56.9 Å². The molecule has 0 saturated carbocycles. The van der Waals surface area contributed by atoms with Crippen LogP contribution in [0.1, 0.15) is 37.6 Å². The van der Waals surface area contributed by atoms with Crippen LogP contribution in [0.5, 0.6) is 0 Å². The van der Waals surface area contributed by atoms with Crippen molar-refractivity contribution in [3.05, 3.63) is 17.5 Å². The van der Waals surface area contributed by atoms with Crippen LogP contribution >= 0.6 is 24.0 Å². The van der Waals surface area contributed by atoms with E-state index in [0.29, 0.717) is 12.6 Å². The van der Waals surface area contributed by atoms with Gasteiger partial charge in [-0.3, -0.25) is 9.89 Å². The highest BCUT2D eigenvalue weighted by atomic mass is 127. The minimum Gasteiger partial charge on any atom is -0.359 e. The molecule has 0 radical (unpaired) electrons. The van der Waals surface area contributed by atoms with E-state index in [1.54, 1.807) is 0 Å². The normalized spacial score (nSPS) is 22.4. The summed E-state index contributed by atoms with van der Waals surface area (Å²) >= 11 is 0. The second-order valence-corrected chi connectivity index (χ2v) is 6.17. The molecule has 1 aromatic rings. The van der Waals surface area contributed by atoms with Gasteiger partial charge in [-0.25, -0.2) is 0 Å². The van der Waals surface area contributed by atoms with Gasteiger partial charge in [0.2, 0.25) is 0 Å². The van der Waals surface area contributed by atoms with Crippen LogP contribution < -0.4 is 5.32 Å².